The summed E-state index contributed by atoms with van der Waals surface area (Å²) in [5.41, 5.74) is 3.81. The van der Waals surface area contributed by atoms with E-state index < -0.39 is 11.9 Å². The highest BCUT2D eigenvalue weighted by Gasteiger charge is 2.23. The molecule has 0 saturated carbocycles. The predicted octanol–water partition coefficient (Wildman–Crippen LogP) is 4.42. The number of hydrogen-bond acceptors (Lipinski definition) is 6. The van der Waals surface area contributed by atoms with Gasteiger partial charge in [-0.05, 0) is 49.4 Å². The van der Waals surface area contributed by atoms with Crippen LogP contribution in [0.5, 0.6) is 11.5 Å². The quantitative estimate of drug-likeness (QED) is 0.614. The number of esters is 1. The second-order valence-corrected chi connectivity index (χ2v) is 8.04. The minimum atomic E-state index is -0.485. The van der Waals surface area contributed by atoms with E-state index in [-0.39, 0.29) is 13.4 Å². The molecule has 2 heterocycles. The van der Waals surface area contributed by atoms with Crippen LogP contribution in [0.3, 0.4) is 0 Å². The molecule has 2 aromatic carbocycles. The van der Waals surface area contributed by atoms with E-state index >= 15 is 0 Å². The molecule has 0 saturated heterocycles. The van der Waals surface area contributed by atoms with Gasteiger partial charge in [0.05, 0.1) is 11.1 Å². The maximum Gasteiger partial charge on any atom is 0.339 e. The molecule has 1 aromatic heterocycles. The Morgan fingerprint density at radius 3 is 2.69 bits per heavy atom. The van der Waals surface area contributed by atoms with Crippen molar-refractivity contribution in [2.75, 3.05) is 18.7 Å². The van der Waals surface area contributed by atoms with Gasteiger partial charge in [0.25, 0.3) is 5.91 Å². The second-order valence-electron chi connectivity index (χ2n) is 8.04. The number of carbonyl (C=O) groups excluding carboxylic acids is 2. The number of fused-ring (bicyclic) bond motifs is 3. The maximum atomic E-state index is 13.2. The summed E-state index contributed by atoms with van der Waals surface area (Å²) in [4.78, 5) is 30.4. The largest absolute Gasteiger partial charge is 0.454 e. The van der Waals surface area contributed by atoms with Gasteiger partial charge in [-0.2, -0.15) is 0 Å². The summed E-state index contributed by atoms with van der Waals surface area (Å²) in [6, 6.07) is 12.7. The van der Waals surface area contributed by atoms with Crippen LogP contribution in [0.25, 0.3) is 10.9 Å². The van der Waals surface area contributed by atoms with Crippen molar-refractivity contribution in [3.8, 4) is 11.5 Å². The molecule has 7 heteroatoms. The highest BCUT2D eigenvalue weighted by atomic mass is 16.7. The van der Waals surface area contributed by atoms with Crippen LogP contribution >= 0.6 is 0 Å². The van der Waals surface area contributed by atoms with Gasteiger partial charge in [0.1, 0.15) is 0 Å². The first-order valence-electron chi connectivity index (χ1n) is 11.0. The maximum absolute atomic E-state index is 13.2. The Bertz CT molecular complexity index is 1190. The number of aromatic nitrogens is 1. The van der Waals surface area contributed by atoms with E-state index in [9.17, 15) is 9.59 Å². The molecular formula is C25H24N2O5. The summed E-state index contributed by atoms with van der Waals surface area (Å²) in [6.45, 7) is -0.215. The first-order valence-corrected chi connectivity index (χ1v) is 11.0. The molecule has 7 nitrogen and oxygen atoms in total. The number of rotatable bonds is 4. The minimum Gasteiger partial charge on any atom is -0.454 e. The van der Waals surface area contributed by atoms with Crippen molar-refractivity contribution < 1.29 is 23.8 Å². The van der Waals surface area contributed by atoms with Crippen molar-refractivity contribution in [1.82, 2.24) is 4.98 Å². The topological polar surface area (TPSA) is 86.8 Å². The van der Waals surface area contributed by atoms with Gasteiger partial charge in [-0.25, -0.2) is 4.79 Å². The lowest BCUT2D eigenvalue weighted by Crippen LogP contribution is -2.22. The van der Waals surface area contributed by atoms with E-state index in [0.29, 0.717) is 22.7 Å². The van der Waals surface area contributed by atoms with Crippen LogP contribution in [-0.4, -0.2) is 30.3 Å². The van der Waals surface area contributed by atoms with Crippen molar-refractivity contribution in [2.45, 2.75) is 38.5 Å². The highest BCUT2D eigenvalue weighted by molar-refractivity contribution is 6.06. The average Bonchev–Trinajstić information content (AvgIpc) is 3.25. The molecule has 0 fully saturated rings. The standard InChI is InChI=1S/C25H24N2O5/c28-23(26-16-11-12-21-22(13-16)32-15-31-21)14-30-25(29)24-17-7-3-1-2-4-9-19(17)27-20-10-6-5-8-18(20)24/h5-6,8,10-13H,1-4,7,9,14-15H2,(H,26,28). The molecule has 1 amide bonds. The average molecular weight is 432 g/mol. The van der Waals surface area contributed by atoms with Crippen molar-refractivity contribution in [2.24, 2.45) is 0 Å². The van der Waals surface area contributed by atoms with E-state index in [1.54, 1.807) is 18.2 Å². The van der Waals surface area contributed by atoms with Crippen LogP contribution < -0.4 is 14.8 Å². The molecule has 2 aliphatic rings. The molecule has 0 radical (unpaired) electrons. The highest BCUT2D eigenvalue weighted by Crippen LogP contribution is 2.34. The number of aryl methyl sites for hydroxylation is 1. The molecule has 164 valence electrons. The number of anilines is 1. The van der Waals surface area contributed by atoms with E-state index in [4.69, 9.17) is 19.2 Å². The molecule has 1 N–H and O–H groups in total. The van der Waals surface area contributed by atoms with Crippen LogP contribution in [-0.2, 0) is 22.4 Å². The Hall–Kier alpha value is -3.61. The lowest BCUT2D eigenvalue weighted by Gasteiger charge is -2.18. The first-order chi connectivity index (χ1) is 15.7. The number of para-hydroxylation sites is 1. The summed E-state index contributed by atoms with van der Waals surface area (Å²) >= 11 is 0. The van der Waals surface area contributed by atoms with Gasteiger partial charge in [-0.15, -0.1) is 0 Å². The molecule has 5 rings (SSSR count). The van der Waals surface area contributed by atoms with E-state index in [0.717, 1.165) is 54.3 Å². The molecule has 32 heavy (non-hydrogen) atoms. The Morgan fingerprint density at radius 1 is 0.969 bits per heavy atom. The summed E-state index contributed by atoms with van der Waals surface area (Å²) < 4.78 is 16.1. The smallest absolute Gasteiger partial charge is 0.339 e. The monoisotopic (exact) mass is 432 g/mol. The third-order valence-corrected chi connectivity index (χ3v) is 5.86. The number of ether oxygens (including phenoxy) is 3. The van der Waals surface area contributed by atoms with Crippen molar-refractivity contribution in [1.29, 1.82) is 0 Å². The molecule has 0 bridgehead atoms. The Balaban J connectivity index is 1.35. The number of benzene rings is 2. The fourth-order valence-electron chi connectivity index (χ4n) is 4.33. The second kappa shape index (κ2) is 8.86. The Kier molecular flexibility index (Phi) is 5.62. The molecular weight excluding hydrogens is 408 g/mol. The molecule has 0 unspecified atom stereocenters. The molecule has 3 aromatic rings. The predicted molar refractivity (Wildman–Crippen MR) is 119 cm³/mol. The van der Waals surface area contributed by atoms with Crippen LogP contribution in [0.2, 0.25) is 0 Å². The first kappa shape index (κ1) is 20.3. The number of nitrogens with one attached hydrogen (secondary N) is 1. The van der Waals surface area contributed by atoms with Gasteiger partial charge < -0.3 is 19.5 Å². The molecule has 1 aliphatic carbocycles. The lowest BCUT2D eigenvalue weighted by molar-refractivity contribution is -0.119. The van der Waals surface area contributed by atoms with Crippen molar-refractivity contribution >= 4 is 28.5 Å². The number of carbonyl (C=O) groups is 2. The molecule has 0 atom stereocenters. The number of hydrogen-bond donors (Lipinski definition) is 1. The van der Waals surface area contributed by atoms with E-state index in [1.807, 2.05) is 24.3 Å². The fourth-order valence-corrected chi connectivity index (χ4v) is 4.33. The summed E-state index contributed by atoms with van der Waals surface area (Å²) in [6.07, 6.45) is 6.03. The third-order valence-electron chi connectivity index (χ3n) is 5.86. The van der Waals surface area contributed by atoms with Gasteiger partial charge in [-0.1, -0.05) is 31.0 Å². The van der Waals surface area contributed by atoms with Gasteiger partial charge in [0, 0.05) is 22.8 Å². The van der Waals surface area contributed by atoms with E-state index in [2.05, 4.69) is 5.32 Å². The van der Waals surface area contributed by atoms with Crippen LogP contribution in [0.1, 0.15) is 47.3 Å². The molecule has 1 aliphatic heterocycles. The Labute approximate surface area is 185 Å². The van der Waals surface area contributed by atoms with Crippen molar-refractivity contribution in [3.63, 3.8) is 0 Å². The molecule has 0 spiro atoms. The minimum absolute atomic E-state index is 0.161. The van der Waals surface area contributed by atoms with Crippen LogP contribution in [0.15, 0.2) is 42.5 Å². The zero-order chi connectivity index (χ0) is 21.9. The van der Waals surface area contributed by atoms with Crippen molar-refractivity contribution in [3.05, 3.63) is 59.3 Å². The lowest BCUT2D eigenvalue weighted by atomic mass is 9.91. The zero-order valence-corrected chi connectivity index (χ0v) is 17.7. The Morgan fingerprint density at radius 2 is 1.78 bits per heavy atom. The number of pyridine rings is 1. The third kappa shape index (κ3) is 4.10. The van der Waals surface area contributed by atoms with Gasteiger partial charge in [0.2, 0.25) is 6.79 Å². The van der Waals surface area contributed by atoms with Gasteiger partial charge in [0.15, 0.2) is 18.1 Å². The summed E-state index contributed by atoms with van der Waals surface area (Å²) in [5, 5.41) is 3.50. The van der Waals surface area contributed by atoms with Gasteiger partial charge >= 0.3 is 5.97 Å². The summed E-state index contributed by atoms with van der Waals surface area (Å²) in [5.74, 6) is 0.303. The number of nitrogens with zero attached hydrogens (tertiary/aromatic N) is 1. The van der Waals surface area contributed by atoms with Crippen LogP contribution in [0, 0.1) is 0 Å². The number of amides is 1. The SMILES string of the molecule is O=C(COC(=O)c1c2c(nc3ccccc13)CCCCCC2)Nc1ccc2c(c1)OCO2. The fraction of sp³-hybridized carbons (Fsp3) is 0.320. The van der Waals surface area contributed by atoms with Gasteiger partial charge in [-0.3, -0.25) is 9.78 Å². The van der Waals surface area contributed by atoms with E-state index in [1.165, 1.54) is 6.42 Å². The zero-order valence-electron chi connectivity index (χ0n) is 17.7. The normalized spacial score (nSPS) is 14.9. The van der Waals surface area contributed by atoms with Crippen LogP contribution in [0.4, 0.5) is 5.69 Å². The summed E-state index contributed by atoms with van der Waals surface area (Å²) in [7, 11) is 0.